The molecule has 0 aliphatic carbocycles. The van der Waals surface area contributed by atoms with Gasteiger partial charge in [0.2, 0.25) is 5.91 Å². The molecule has 0 aromatic heterocycles. The summed E-state index contributed by atoms with van der Waals surface area (Å²) in [6.45, 7) is 7.82. The van der Waals surface area contributed by atoms with Crippen LogP contribution >= 0.6 is 0 Å². The number of nitrogens with one attached hydrogen (secondary N) is 1. The first kappa shape index (κ1) is 18.8. The van der Waals surface area contributed by atoms with Gasteiger partial charge in [0.05, 0.1) is 7.11 Å². The minimum absolute atomic E-state index is 0.0959. The third kappa shape index (κ3) is 5.52. The van der Waals surface area contributed by atoms with Crippen LogP contribution in [0.15, 0.2) is 24.3 Å². The number of carbonyl (C=O) groups is 1. The number of benzene rings is 1. The summed E-state index contributed by atoms with van der Waals surface area (Å²) in [6, 6.07) is 8.11. The van der Waals surface area contributed by atoms with Gasteiger partial charge in [0.25, 0.3) is 0 Å². The van der Waals surface area contributed by atoms with Gasteiger partial charge in [-0.1, -0.05) is 26.0 Å². The van der Waals surface area contributed by atoms with Gasteiger partial charge in [0.15, 0.2) is 0 Å². The zero-order valence-corrected chi connectivity index (χ0v) is 15.4. The van der Waals surface area contributed by atoms with Gasteiger partial charge in [-0.05, 0) is 56.2 Å². The minimum Gasteiger partial charge on any atom is -0.497 e. The molecule has 1 fully saturated rings. The quantitative estimate of drug-likeness (QED) is 0.829. The fourth-order valence-corrected chi connectivity index (χ4v) is 3.39. The molecule has 4 nitrogen and oxygen atoms in total. The van der Waals surface area contributed by atoms with E-state index in [2.05, 4.69) is 32.2 Å². The molecule has 1 unspecified atom stereocenters. The highest BCUT2D eigenvalue weighted by Crippen LogP contribution is 2.31. The molecule has 1 aromatic carbocycles. The summed E-state index contributed by atoms with van der Waals surface area (Å²) in [5, 5.41) is 3.18. The van der Waals surface area contributed by atoms with E-state index in [9.17, 15) is 4.79 Å². The predicted molar refractivity (Wildman–Crippen MR) is 96.2 cm³/mol. The van der Waals surface area contributed by atoms with Crippen molar-refractivity contribution in [1.82, 2.24) is 5.32 Å². The third-order valence-electron chi connectivity index (χ3n) is 4.81. The van der Waals surface area contributed by atoms with Gasteiger partial charge in [0.1, 0.15) is 5.75 Å². The Morgan fingerprint density at radius 2 is 2.08 bits per heavy atom. The largest absolute Gasteiger partial charge is 0.497 e. The molecule has 24 heavy (non-hydrogen) atoms. The highest BCUT2D eigenvalue weighted by Gasteiger charge is 2.32. The normalized spacial score (nSPS) is 17.3. The molecule has 1 N–H and O–H groups in total. The first-order chi connectivity index (χ1) is 11.4. The van der Waals surface area contributed by atoms with Crippen LogP contribution in [0.25, 0.3) is 0 Å². The summed E-state index contributed by atoms with van der Waals surface area (Å²) in [5.41, 5.74) is 0.828. The average molecular weight is 333 g/mol. The van der Waals surface area contributed by atoms with Crippen LogP contribution in [0.3, 0.4) is 0 Å². The van der Waals surface area contributed by atoms with Crippen molar-refractivity contribution in [1.29, 1.82) is 0 Å². The number of methoxy groups -OCH3 is 1. The van der Waals surface area contributed by atoms with E-state index >= 15 is 0 Å². The number of rotatable bonds is 7. The lowest BCUT2D eigenvalue weighted by molar-refractivity contribution is -0.131. The van der Waals surface area contributed by atoms with E-state index in [0.29, 0.717) is 5.92 Å². The van der Waals surface area contributed by atoms with E-state index in [0.717, 1.165) is 44.6 Å². The molecule has 1 heterocycles. The van der Waals surface area contributed by atoms with Crippen LogP contribution in [0.2, 0.25) is 0 Å². The summed E-state index contributed by atoms with van der Waals surface area (Å²) < 4.78 is 10.7. The van der Waals surface area contributed by atoms with E-state index in [1.165, 1.54) is 5.56 Å². The standard InChI is InChI=1S/C20H31NO3/c1-15(12-17-6-5-7-18(13-17)23-4)21-19(22)20(2,3)14-16-8-10-24-11-9-16/h5-7,13,15-16H,8-12,14H2,1-4H3,(H,21,22). The maximum Gasteiger partial charge on any atom is 0.225 e. The molecule has 0 radical (unpaired) electrons. The fraction of sp³-hybridized carbons (Fsp3) is 0.650. The summed E-state index contributed by atoms with van der Waals surface area (Å²) in [6.07, 6.45) is 3.86. The van der Waals surface area contributed by atoms with Crippen LogP contribution in [0.4, 0.5) is 0 Å². The molecule has 1 aromatic rings. The first-order valence-corrected chi connectivity index (χ1v) is 8.92. The van der Waals surface area contributed by atoms with Crippen molar-refractivity contribution in [2.24, 2.45) is 11.3 Å². The second kappa shape index (κ2) is 8.52. The molecule has 0 bridgehead atoms. The van der Waals surface area contributed by atoms with Gasteiger partial charge < -0.3 is 14.8 Å². The molecule has 4 heteroatoms. The monoisotopic (exact) mass is 333 g/mol. The Hall–Kier alpha value is -1.55. The topological polar surface area (TPSA) is 47.6 Å². The van der Waals surface area contributed by atoms with Crippen LogP contribution in [-0.4, -0.2) is 32.3 Å². The lowest BCUT2D eigenvalue weighted by Crippen LogP contribution is -2.43. The van der Waals surface area contributed by atoms with Gasteiger partial charge in [0, 0.05) is 24.7 Å². The molecule has 1 aliphatic heterocycles. The van der Waals surface area contributed by atoms with Crippen molar-refractivity contribution >= 4 is 5.91 Å². The van der Waals surface area contributed by atoms with E-state index in [-0.39, 0.29) is 17.4 Å². The summed E-state index contributed by atoms with van der Waals surface area (Å²) >= 11 is 0. The Labute approximate surface area is 145 Å². The second-order valence-electron chi connectivity index (χ2n) is 7.57. The fourth-order valence-electron chi connectivity index (χ4n) is 3.39. The summed E-state index contributed by atoms with van der Waals surface area (Å²) in [4.78, 5) is 12.7. The van der Waals surface area contributed by atoms with E-state index in [1.807, 2.05) is 18.2 Å². The van der Waals surface area contributed by atoms with Crippen molar-refractivity contribution in [2.75, 3.05) is 20.3 Å². The SMILES string of the molecule is COc1cccc(CC(C)NC(=O)C(C)(C)CC2CCOCC2)c1. The Morgan fingerprint density at radius 1 is 1.38 bits per heavy atom. The van der Waals surface area contributed by atoms with Crippen molar-refractivity contribution in [3.63, 3.8) is 0 Å². The highest BCUT2D eigenvalue weighted by atomic mass is 16.5. The number of carbonyl (C=O) groups excluding carboxylic acids is 1. The van der Waals surface area contributed by atoms with Crippen molar-refractivity contribution in [2.45, 2.75) is 52.5 Å². The molecular formula is C20H31NO3. The Bertz CT molecular complexity index is 535. The number of hydrogen-bond donors (Lipinski definition) is 1. The van der Waals surface area contributed by atoms with Crippen LogP contribution < -0.4 is 10.1 Å². The molecular weight excluding hydrogens is 302 g/mol. The second-order valence-corrected chi connectivity index (χ2v) is 7.57. The van der Waals surface area contributed by atoms with Crippen molar-refractivity contribution < 1.29 is 14.3 Å². The molecule has 1 atom stereocenters. The van der Waals surface area contributed by atoms with Gasteiger partial charge in [-0.15, -0.1) is 0 Å². The van der Waals surface area contributed by atoms with Crippen LogP contribution in [0, 0.1) is 11.3 Å². The maximum absolute atomic E-state index is 12.7. The van der Waals surface area contributed by atoms with E-state index in [4.69, 9.17) is 9.47 Å². The van der Waals surface area contributed by atoms with Crippen LogP contribution in [0.1, 0.15) is 45.6 Å². The number of amides is 1. The Balaban J connectivity index is 1.86. The Kier molecular flexibility index (Phi) is 6.67. The average Bonchev–Trinajstić information content (AvgIpc) is 2.55. The highest BCUT2D eigenvalue weighted by molar-refractivity contribution is 5.82. The summed E-state index contributed by atoms with van der Waals surface area (Å²) in [7, 11) is 1.67. The maximum atomic E-state index is 12.7. The van der Waals surface area contributed by atoms with Crippen LogP contribution in [0.5, 0.6) is 5.75 Å². The van der Waals surface area contributed by atoms with E-state index < -0.39 is 0 Å². The van der Waals surface area contributed by atoms with E-state index in [1.54, 1.807) is 7.11 Å². The van der Waals surface area contributed by atoms with Crippen LogP contribution in [-0.2, 0) is 16.0 Å². The lowest BCUT2D eigenvalue weighted by Gasteiger charge is -2.32. The smallest absolute Gasteiger partial charge is 0.225 e. The molecule has 0 saturated carbocycles. The third-order valence-corrected chi connectivity index (χ3v) is 4.81. The molecule has 1 saturated heterocycles. The zero-order chi connectivity index (χ0) is 17.6. The Morgan fingerprint density at radius 3 is 2.75 bits per heavy atom. The summed E-state index contributed by atoms with van der Waals surface area (Å²) in [5.74, 6) is 1.59. The van der Waals surface area contributed by atoms with Crippen molar-refractivity contribution in [3.05, 3.63) is 29.8 Å². The first-order valence-electron chi connectivity index (χ1n) is 8.92. The van der Waals surface area contributed by atoms with Crippen molar-refractivity contribution in [3.8, 4) is 5.75 Å². The molecule has 1 amide bonds. The van der Waals surface area contributed by atoms with Gasteiger partial charge in [-0.25, -0.2) is 0 Å². The van der Waals surface area contributed by atoms with Gasteiger partial charge in [-0.3, -0.25) is 4.79 Å². The molecule has 2 rings (SSSR count). The van der Waals surface area contributed by atoms with Gasteiger partial charge >= 0.3 is 0 Å². The minimum atomic E-state index is -0.343. The lowest BCUT2D eigenvalue weighted by atomic mass is 9.79. The zero-order valence-electron chi connectivity index (χ0n) is 15.4. The number of ether oxygens (including phenoxy) is 2. The number of hydrogen-bond acceptors (Lipinski definition) is 3. The predicted octanol–water partition coefficient (Wildman–Crippen LogP) is 3.59. The molecule has 0 spiro atoms. The molecule has 1 aliphatic rings. The molecule has 134 valence electrons. The van der Waals surface area contributed by atoms with Gasteiger partial charge in [-0.2, -0.15) is 0 Å².